The predicted octanol–water partition coefficient (Wildman–Crippen LogP) is 4.39. The number of anilines is 1. The third-order valence-corrected chi connectivity index (χ3v) is 4.86. The zero-order valence-corrected chi connectivity index (χ0v) is 14.8. The number of hydrogen-bond donors (Lipinski definition) is 1. The summed E-state index contributed by atoms with van der Waals surface area (Å²) in [6.07, 6.45) is 1.49. The fourth-order valence-corrected chi connectivity index (χ4v) is 3.63. The zero-order valence-electron chi connectivity index (χ0n) is 14.8. The average Bonchev–Trinajstić information content (AvgIpc) is 3.22. The van der Waals surface area contributed by atoms with Gasteiger partial charge in [0.2, 0.25) is 0 Å². The first-order valence-corrected chi connectivity index (χ1v) is 8.81. The van der Waals surface area contributed by atoms with Crippen LogP contribution >= 0.6 is 0 Å². The van der Waals surface area contributed by atoms with Gasteiger partial charge in [-0.15, -0.1) is 0 Å². The Kier molecular flexibility index (Phi) is 3.58. The van der Waals surface area contributed by atoms with E-state index in [-0.39, 0.29) is 6.10 Å². The lowest BCUT2D eigenvalue weighted by Gasteiger charge is -2.12. The topological polar surface area (TPSA) is 75.2 Å². The maximum Gasteiger partial charge on any atom is 0.151 e. The minimum Gasteiger partial charge on any atom is -0.457 e. The van der Waals surface area contributed by atoms with Crippen LogP contribution in [-0.2, 0) is 11.3 Å². The third kappa shape index (κ3) is 2.53. The number of nitrogens with two attached hydrogens (primary N) is 1. The van der Waals surface area contributed by atoms with Crippen LogP contribution in [0, 0.1) is 0 Å². The standard InChI is InChI=1S/C21H18N4O2/c1-13-18-17(11-26-13)25(20-19(18)23-12-24-21(20)22)14-7-9-16(10-8-14)27-15-5-3-2-4-6-15/h2-10,12-13H,11H2,1H3,(H2,22,23,24). The van der Waals surface area contributed by atoms with Crippen molar-refractivity contribution in [3.63, 3.8) is 0 Å². The van der Waals surface area contributed by atoms with Crippen LogP contribution in [0.4, 0.5) is 5.82 Å². The highest BCUT2D eigenvalue weighted by Gasteiger charge is 2.30. The first kappa shape index (κ1) is 15.8. The van der Waals surface area contributed by atoms with Crippen molar-refractivity contribution in [3.8, 4) is 17.2 Å². The average molecular weight is 358 g/mol. The van der Waals surface area contributed by atoms with Gasteiger partial charge in [-0.1, -0.05) is 18.2 Å². The van der Waals surface area contributed by atoms with E-state index in [2.05, 4.69) is 14.5 Å². The van der Waals surface area contributed by atoms with E-state index in [9.17, 15) is 0 Å². The number of rotatable bonds is 3. The van der Waals surface area contributed by atoms with Gasteiger partial charge in [0.1, 0.15) is 28.9 Å². The van der Waals surface area contributed by atoms with E-state index in [1.54, 1.807) is 0 Å². The summed E-state index contributed by atoms with van der Waals surface area (Å²) in [6.45, 7) is 2.55. The van der Waals surface area contributed by atoms with Gasteiger partial charge in [0.15, 0.2) is 5.82 Å². The van der Waals surface area contributed by atoms with Gasteiger partial charge >= 0.3 is 0 Å². The monoisotopic (exact) mass is 358 g/mol. The lowest BCUT2D eigenvalue weighted by atomic mass is 10.1. The van der Waals surface area contributed by atoms with Crippen molar-refractivity contribution in [2.24, 2.45) is 0 Å². The van der Waals surface area contributed by atoms with Crippen molar-refractivity contribution in [1.82, 2.24) is 14.5 Å². The second kappa shape index (κ2) is 6.10. The molecule has 4 aromatic rings. The molecule has 0 fully saturated rings. The molecule has 2 aromatic heterocycles. The molecule has 134 valence electrons. The quantitative estimate of drug-likeness (QED) is 0.588. The summed E-state index contributed by atoms with van der Waals surface area (Å²) in [6, 6.07) is 17.6. The molecule has 1 aliphatic rings. The summed E-state index contributed by atoms with van der Waals surface area (Å²) in [4.78, 5) is 8.65. The highest BCUT2D eigenvalue weighted by molar-refractivity contribution is 5.91. The Balaban J connectivity index is 1.60. The van der Waals surface area contributed by atoms with E-state index in [1.165, 1.54) is 6.33 Å². The summed E-state index contributed by atoms with van der Waals surface area (Å²) in [7, 11) is 0. The Bertz CT molecular complexity index is 1120. The molecule has 0 saturated heterocycles. The molecular weight excluding hydrogens is 340 g/mol. The van der Waals surface area contributed by atoms with Crippen molar-refractivity contribution in [3.05, 3.63) is 72.2 Å². The van der Waals surface area contributed by atoms with Crippen LogP contribution in [0.25, 0.3) is 16.7 Å². The van der Waals surface area contributed by atoms with Crippen molar-refractivity contribution < 1.29 is 9.47 Å². The molecule has 2 N–H and O–H groups in total. The first-order valence-electron chi connectivity index (χ1n) is 8.81. The number of ether oxygens (including phenoxy) is 2. The van der Waals surface area contributed by atoms with Gasteiger partial charge in [-0.3, -0.25) is 0 Å². The minimum absolute atomic E-state index is 0.0151. The molecule has 3 heterocycles. The van der Waals surface area contributed by atoms with Gasteiger partial charge in [0, 0.05) is 11.3 Å². The number of aromatic nitrogens is 3. The maximum absolute atomic E-state index is 6.20. The van der Waals surface area contributed by atoms with Crippen molar-refractivity contribution in [1.29, 1.82) is 0 Å². The van der Waals surface area contributed by atoms with Crippen LogP contribution in [0.5, 0.6) is 11.5 Å². The summed E-state index contributed by atoms with van der Waals surface area (Å²) >= 11 is 0. The molecule has 2 aromatic carbocycles. The summed E-state index contributed by atoms with van der Waals surface area (Å²) in [5, 5.41) is 0. The molecule has 0 radical (unpaired) electrons. The van der Waals surface area contributed by atoms with E-state index in [1.807, 2.05) is 61.5 Å². The van der Waals surface area contributed by atoms with Gasteiger partial charge in [-0.2, -0.15) is 0 Å². The largest absolute Gasteiger partial charge is 0.457 e. The number of hydrogen-bond acceptors (Lipinski definition) is 5. The summed E-state index contributed by atoms with van der Waals surface area (Å²) in [5.41, 5.74) is 11.0. The maximum atomic E-state index is 6.20. The van der Waals surface area contributed by atoms with Crippen LogP contribution < -0.4 is 10.5 Å². The fraction of sp³-hybridized carbons (Fsp3) is 0.143. The molecule has 6 nitrogen and oxygen atoms in total. The summed E-state index contributed by atoms with van der Waals surface area (Å²) in [5.74, 6) is 2.04. The Morgan fingerprint density at radius 3 is 2.56 bits per heavy atom. The van der Waals surface area contributed by atoms with Crippen LogP contribution in [0.15, 0.2) is 60.9 Å². The molecule has 0 saturated carbocycles. The molecule has 27 heavy (non-hydrogen) atoms. The highest BCUT2D eigenvalue weighted by atomic mass is 16.5. The van der Waals surface area contributed by atoms with E-state index >= 15 is 0 Å². The smallest absolute Gasteiger partial charge is 0.151 e. The Morgan fingerprint density at radius 1 is 1.04 bits per heavy atom. The fourth-order valence-electron chi connectivity index (χ4n) is 3.63. The second-order valence-corrected chi connectivity index (χ2v) is 6.51. The predicted molar refractivity (Wildman–Crippen MR) is 103 cm³/mol. The summed E-state index contributed by atoms with van der Waals surface area (Å²) < 4.78 is 13.8. The lowest BCUT2D eigenvalue weighted by Crippen LogP contribution is -2.03. The van der Waals surface area contributed by atoms with Gasteiger partial charge in [-0.05, 0) is 43.3 Å². The molecule has 1 unspecified atom stereocenters. The minimum atomic E-state index is -0.0151. The van der Waals surface area contributed by atoms with Crippen LogP contribution in [0.2, 0.25) is 0 Å². The van der Waals surface area contributed by atoms with E-state index in [4.69, 9.17) is 15.2 Å². The highest BCUT2D eigenvalue weighted by Crippen LogP contribution is 2.40. The van der Waals surface area contributed by atoms with Crippen LogP contribution in [0.1, 0.15) is 24.3 Å². The molecule has 5 rings (SSSR count). The van der Waals surface area contributed by atoms with Gasteiger partial charge in [0.25, 0.3) is 0 Å². The third-order valence-electron chi connectivity index (χ3n) is 4.86. The zero-order chi connectivity index (χ0) is 18.4. The number of para-hydroxylation sites is 1. The molecule has 0 amide bonds. The molecule has 0 bridgehead atoms. The molecular formula is C21H18N4O2. The molecule has 0 spiro atoms. The Labute approximate surface area is 156 Å². The van der Waals surface area contributed by atoms with E-state index in [0.717, 1.165) is 39.5 Å². The van der Waals surface area contributed by atoms with Gasteiger partial charge in [-0.25, -0.2) is 9.97 Å². The number of nitrogens with zero attached hydrogens (tertiary/aromatic N) is 3. The second-order valence-electron chi connectivity index (χ2n) is 6.51. The number of nitrogen functional groups attached to an aromatic ring is 1. The molecule has 6 heteroatoms. The van der Waals surface area contributed by atoms with Crippen molar-refractivity contribution >= 4 is 16.9 Å². The Hall–Kier alpha value is -3.38. The molecule has 1 aliphatic heterocycles. The normalized spacial score (nSPS) is 15.8. The lowest BCUT2D eigenvalue weighted by molar-refractivity contribution is 0.0783. The molecule has 1 atom stereocenters. The number of fused-ring (bicyclic) bond motifs is 3. The number of benzene rings is 2. The molecule has 0 aliphatic carbocycles. The van der Waals surface area contributed by atoms with E-state index < -0.39 is 0 Å². The Morgan fingerprint density at radius 2 is 1.78 bits per heavy atom. The van der Waals surface area contributed by atoms with Crippen LogP contribution in [-0.4, -0.2) is 14.5 Å². The van der Waals surface area contributed by atoms with Crippen LogP contribution in [0.3, 0.4) is 0 Å². The first-order chi connectivity index (χ1) is 13.2. The van der Waals surface area contributed by atoms with Gasteiger partial charge < -0.3 is 19.8 Å². The SMILES string of the molecule is CC1OCc2c1c1ncnc(N)c1n2-c1ccc(Oc2ccccc2)cc1. The van der Waals surface area contributed by atoms with Gasteiger partial charge in [0.05, 0.1) is 18.4 Å². The van der Waals surface area contributed by atoms with E-state index in [0.29, 0.717) is 12.4 Å². The van der Waals surface area contributed by atoms with Crippen molar-refractivity contribution in [2.75, 3.05) is 5.73 Å². The van der Waals surface area contributed by atoms with Crippen molar-refractivity contribution in [2.45, 2.75) is 19.6 Å².